The minimum absolute atomic E-state index is 0.0460. The van der Waals surface area contributed by atoms with Crippen molar-refractivity contribution < 1.29 is 9.90 Å². The molecule has 0 bridgehead atoms. The smallest absolute Gasteiger partial charge is 0.169 e. The maximum atomic E-state index is 11.3. The zero-order valence-electron chi connectivity index (χ0n) is 12.1. The molecule has 3 rings (SSSR count). The predicted octanol–water partition coefficient (Wildman–Crippen LogP) is 2.75. The highest BCUT2D eigenvalue weighted by Gasteiger charge is 2.09. The van der Waals surface area contributed by atoms with Crippen molar-refractivity contribution >= 4 is 17.1 Å². The van der Waals surface area contributed by atoms with Crippen molar-refractivity contribution in [2.75, 3.05) is 0 Å². The molecule has 1 N–H and O–H groups in total. The van der Waals surface area contributed by atoms with Gasteiger partial charge in [0, 0.05) is 10.9 Å². The quantitative estimate of drug-likeness (QED) is 0.735. The second-order valence-corrected chi connectivity index (χ2v) is 5.94. The highest BCUT2D eigenvalue weighted by molar-refractivity contribution is 7.12. The Hall–Kier alpha value is -2.31. The molecule has 112 valence electrons. The Morgan fingerprint density at radius 1 is 1.27 bits per heavy atom. The van der Waals surface area contributed by atoms with Gasteiger partial charge in [-0.1, -0.05) is 29.5 Å². The molecular weight excluding hydrogens is 298 g/mol. The number of aliphatic hydroxyl groups is 1. The fourth-order valence-electron chi connectivity index (χ4n) is 2.10. The molecule has 0 aliphatic rings. The Kier molecular flexibility index (Phi) is 4.13. The van der Waals surface area contributed by atoms with Crippen LogP contribution in [0.5, 0.6) is 0 Å². The van der Waals surface area contributed by atoms with E-state index in [1.165, 1.54) is 11.3 Å². The van der Waals surface area contributed by atoms with Gasteiger partial charge in [-0.3, -0.25) is 4.79 Å². The Bertz CT molecular complexity index is 790. The van der Waals surface area contributed by atoms with Crippen LogP contribution in [0.25, 0.3) is 11.3 Å². The third-order valence-electron chi connectivity index (χ3n) is 3.33. The Morgan fingerprint density at radius 2 is 2.00 bits per heavy atom. The second-order valence-electron chi connectivity index (χ2n) is 5.03. The molecule has 0 saturated heterocycles. The van der Waals surface area contributed by atoms with Gasteiger partial charge >= 0.3 is 0 Å². The van der Waals surface area contributed by atoms with Gasteiger partial charge in [0.1, 0.15) is 5.69 Å². The van der Waals surface area contributed by atoms with Crippen molar-refractivity contribution in [1.29, 1.82) is 0 Å². The third kappa shape index (κ3) is 3.13. The summed E-state index contributed by atoms with van der Waals surface area (Å²) in [5.74, 6) is 0.0626. The lowest BCUT2D eigenvalue weighted by molar-refractivity contribution is 0.102. The van der Waals surface area contributed by atoms with Crippen LogP contribution in [0.1, 0.15) is 27.7 Å². The van der Waals surface area contributed by atoms with E-state index in [2.05, 4.69) is 10.3 Å². The van der Waals surface area contributed by atoms with Crippen LogP contribution in [0, 0.1) is 0 Å². The first-order valence-corrected chi connectivity index (χ1v) is 7.72. The van der Waals surface area contributed by atoms with Gasteiger partial charge in [0.15, 0.2) is 5.78 Å². The maximum absolute atomic E-state index is 11.3. The zero-order chi connectivity index (χ0) is 15.5. The van der Waals surface area contributed by atoms with E-state index in [1.54, 1.807) is 11.6 Å². The van der Waals surface area contributed by atoms with Gasteiger partial charge in [0.05, 0.1) is 24.2 Å². The number of aromatic nitrogens is 3. The summed E-state index contributed by atoms with van der Waals surface area (Å²) >= 11 is 1.42. The van der Waals surface area contributed by atoms with E-state index >= 15 is 0 Å². The van der Waals surface area contributed by atoms with Gasteiger partial charge < -0.3 is 5.11 Å². The number of hydrogen-bond acceptors (Lipinski definition) is 5. The summed E-state index contributed by atoms with van der Waals surface area (Å²) in [7, 11) is 0. The molecule has 0 aliphatic heterocycles. The largest absolute Gasteiger partial charge is 0.392 e. The lowest BCUT2D eigenvalue weighted by Crippen LogP contribution is -2.00. The van der Waals surface area contributed by atoms with E-state index < -0.39 is 0 Å². The molecule has 22 heavy (non-hydrogen) atoms. The van der Waals surface area contributed by atoms with Crippen molar-refractivity contribution in [2.24, 2.45) is 0 Å². The van der Waals surface area contributed by atoms with Crippen LogP contribution < -0.4 is 0 Å². The molecule has 0 saturated carbocycles. The summed E-state index contributed by atoms with van der Waals surface area (Å²) in [6.07, 6.45) is 1.87. The van der Waals surface area contributed by atoms with Gasteiger partial charge in [0.25, 0.3) is 0 Å². The monoisotopic (exact) mass is 313 g/mol. The minimum atomic E-state index is 0.0460. The van der Waals surface area contributed by atoms with Gasteiger partial charge in [0.2, 0.25) is 0 Å². The number of carbonyl (C=O) groups is 1. The predicted molar refractivity (Wildman–Crippen MR) is 84.8 cm³/mol. The van der Waals surface area contributed by atoms with Crippen molar-refractivity contribution in [2.45, 2.75) is 20.1 Å². The lowest BCUT2D eigenvalue weighted by atomic mass is 10.1. The fraction of sp³-hybridized carbons (Fsp3) is 0.188. The lowest BCUT2D eigenvalue weighted by Gasteiger charge is -2.02. The van der Waals surface area contributed by atoms with E-state index in [4.69, 9.17) is 5.11 Å². The topological polar surface area (TPSA) is 68.0 Å². The highest BCUT2D eigenvalue weighted by atomic mass is 32.1. The minimum Gasteiger partial charge on any atom is -0.392 e. The first-order valence-electron chi connectivity index (χ1n) is 6.84. The van der Waals surface area contributed by atoms with Gasteiger partial charge in [-0.05, 0) is 24.1 Å². The van der Waals surface area contributed by atoms with Crippen molar-refractivity contribution in [3.05, 3.63) is 57.9 Å². The summed E-state index contributed by atoms with van der Waals surface area (Å²) < 4.78 is 1.76. The summed E-state index contributed by atoms with van der Waals surface area (Å²) in [5.41, 5.74) is 3.65. The van der Waals surface area contributed by atoms with Crippen molar-refractivity contribution in [1.82, 2.24) is 15.0 Å². The van der Waals surface area contributed by atoms with E-state index in [0.29, 0.717) is 6.54 Å². The van der Waals surface area contributed by atoms with Crippen molar-refractivity contribution in [3.63, 3.8) is 0 Å². The second kappa shape index (κ2) is 6.21. The van der Waals surface area contributed by atoms with Crippen LogP contribution in [0.3, 0.4) is 0 Å². The molecule has 6 heteroatoms. The van der Waals surface area contributed by atoms with Crippen LogP contribution in [0.4, 0.5) is 0 Å². The average Bonchev–Trinajstić information content (AvgIpc) is 3.16. The summed E-state index contributed by atoms with van der Waals surface area (Å²) in [4.78, 5) is 12.1. The zero-order valence-corrected chi connectivity index (χ0v) is 12.9. The van der Waals surface area contributed by atoms with Crippen LogP contribution in [0.2, 0.25) is 0 Å². The molecule has 3 aromatic rings. The normalized spacial score (nSPS) is 10.8. The number of ketones is 1. The standard InChI is InChI=1S/C16H15N3O2S/c1-11(21)16-6-14(10-22-16)15-8-19(18-17-15)7-12-2-4-13(9-20)5-3-12/h2-6,8,10,20H,7,9H2,1H3. The number of thiophene rings is 1. The summed E-state index contributed by atoms with van der Waals surface area (Å²) in [5, 5.41) is 19.2. The first kappa shape index (κ1) is 14.6. The molecule has 0 radical (unpaired) electrons. The van der Waals surface area contributed by atoms with E-state index in [0.717, 1.165) is 27.3 Å². The number of benzene rings is 1. The summed E-state index contributed by atoms with van der Waals surface area (Å²) in [6.45, 7) is 2.22. The van der Waals surface area contributed by atoms with Crippen molar-refractivity contribution in [3.8, 4) is 11.3 Å². The average molecular weight is 313 g/mol. The highest BCUT2D eigenvalue weighted by Crippen LogP contribution is 2.24. The SMILES string of the molecule is CC(=O)c1cc(-c2cn(Cc3ccc(CO)cc3)nn2)cs1. The Labute approximate surface area is 131 Å². The third-order valence-corrected chi connectivity index (χ3v) is 4.36. The molecule has 0 unspecified atom stereocenters. The molecule has 0 amide bonds. The van der Waals surface area contributed by atoms with E-state index in [1.807, 2.05) is 41.9 Å². The van der Waals surface area contributed by atoms with Crippen LogP contribution in [-0.4, -0.2) is 25.9 Å². The van der Waals surface area contributed by atoms with Gasteiger partial charge in [-0.15, -0.1) is 16.4 Å². The number of rotatable bonds is 5. The molecule has 0 aliphatic carbocycles. The number of Topliss-reactive ketones (excluding diaryl/α,β-unsaturated/α-hetero) is 1. The van der Waals surface area contributed by atoms with Gasteiger partial charge in [-0.25, -0.2) is 4.68 Å². The Balaban J connectivity index is 1.76. The fourth-order valence-corrected chi connectivity index (χ4v) is 2.90. The molecule has 0 spiro atoms. The van der Waals surface area contributed by atoms with Crippen LogP contribution >= 0.6 is 11.3 Å². The number of carbonyl (C=O) groups excluding carboxylic acids is 1. The molecular formula is C16H15N3O2S. The molecule has 2 aromatic heterocycles. The summed E-state index contributed by atoms with van der Waals surface area (Å²) in [6, 6.07) is 9.56. The number of nitrogens with zero attached hydrogens (tertiary/aromatic N) is 3. The van der Waals surface area contributed by atoms with Crippen LogP contribution in [-0.2, 0) is 13.2 Å². The molecule has 0 atom stereocenters. The first-order chi connectivity index (χ1) is 10.7. The number of aliphatic hydroxyl groups excluding tert-OH is 1. The molecule has 2 heterocycles. The Morgan fingerprint density at radius 3 is 2.64 bits per heavy atom. The molecule has 5 nitrogen and oxygen atoms in total. The molecule has 0 fully saturated rings. The molecule has 1 aromatic carbocycles. The van der Waals surface area contributed by atoms with E-state index in [9.17, 15) is 4.79 Å². The van der Waals surface area contributed by atoms with Gasteiger partial charge in [-0.2, -0.15) is 0 Å². The van der Waals surface area contributed by atoms with E-state index in [-0.39, 0.29) is 12.4 Å². The number of hydrogen-bond donors (Lipinski definition) is 1. The van der Waals surface area contributed by atoms with Crippen LogP contribution in [0.15, 0.2) is 41.9 Å². The maximum Gasteiger partial charge on any atom is 0.169 e.